The number of methoxy groups -OCH3 is 1. The van der Waals surface area contributed by atoms with E-state index in [0.29, 0.717) is 6.54 Å². The average Bonchev–Trinajstić information content (AvgIpc) is 2.37. The predicted octanol–water partition coefficient (Wildman–Crippen LogP) is 1.79. The van der Waals surface area contributed by atoms with Crippen molar-refractivity contribution in [3.63, 3.8) is 0 Å². The van der Waals surface area contributed by atoms with E-state index >= 15 is 0 Å². The first-order chi connectivity index (χ1) is 9.55. The summed E-state index contributed by atoms with van der Waals surface area (Å²) in [4.78, 5) is 13.7. The van der Waals surface area contributed by atoms with E-state index in [9.17, 15) is 4.79 Å². The van der Waals surface area contributed by atoms with Gasteiger partial charge >= 0.3 is 0 Å². The van der Waals surface area contributed by atoms with E-state index in [1.807, 2.05) is 31.1 Å². The van der Waals surface area contributed by atoms with Gasteiger partial charge in [0.05, 0.1) is 13.7 Å². The van der Waals surface area contributed by atoms with Gasteiger partial charge < -0.3 is 15.0 Å². The van der Waals surface area contributed by atoms with Gasteiger partial charge in [0.15, 0.2) is 0 Å². The van der Waals surface area contributed by atoms with E-state index in [1.165, 1.54) is 12.0 Å². The van der Waals surface area contributed by atoms with E-state index in [1.54, 1.807) is 7.11 Å². The van der Waals surface area contributed by atoms with Gasteiger partial charge in [-0.1, -0.05) is 18.6 Å². The van der Waals surface area contributed by atoms with E-state index in [0.717, 1.165) is 25.1 Å². The molecule has 0 spiro atoms. The van der Waals surface area contributed by atoms with E-state index in [2.05, 4.69) is 17.4 Å². The van der Waals surface area contributed by atoms with Crippen LogP contribution < -0.4 is 10.1 Å². The van der Waals surface area contributed by atoms with Crippen LogP contribution >= 0.6 is 0 Å². The fraction of sp³-hybridized carbons (Fsp3) is 0.562. The molecule has 0 saturated heterocycles. The summed E-state index contributed by atoms with van der Waals surface area (Å²) in [5.41, 5.74) is 1.42. The number of nitrogens with zero attached hydrogens (tertiary/aromatic N) is 1. The highest BCUT2D eigenvalue weighted by atomic mass is 16.5. The van der Waals surface area contributed by atoms with Crippen LogP contribution in [0.3, 0.4) is 0 Å². The highest BCUT2D eigenvalue weighted by molar-refractivity contribution is 5.78. The summed E-state index contributed by atoms with van der Waals surface area (Å²) in [6.07, 6.45) is 3.51. The van der Waals surface area contributed by atoms with E-state index in [-0.39, 0.29) is 11.3 Å². The first-order valence-corrected chi connectivity index (χ1v) is 7.12. The molecule has 0 bridgehead atoms. The minimum atomic E-state index is 0.0924. The van der Waals surface area contributed by atoms with Crippen LogP contribution in [-0.4, -0.2) is 45.1 Å². The molecule has 20 heavy (non-hydrogen) atoms. The Labute approximate surface area is 121 Å². The first-order valence-electron chi connectivity index (χ1n) is 7.12. The minimum Gasteiger partial charge on any atom is -0.497 e. The Morgan fingerprint density at radius 3 is 2.40 bits per heavy atom. The molecule has 0 aliphatic heterocycles. The topological polar surface area (TPSA) is 41.6 Å². The molecule has 1 saturated carbocycles. The Hall–Kier alpha value is -1.55. The molecule has 0 unspecified atom stereocenters. The van der Waals surface area contributed by atoms with Crippen molar-refractivity contribution in [3.8, 4) is 5.75 Å². The van der Waals surface area contributed by atoms with Crippen molar-refractivity contribution in [2.24, 2.45) is 0 Å². The molecule has 2 rings (SSSR count). The lowest BCUT2D eigenvalue weighted by atomic mass is 9.64. The van der Waals surface area contributed by atoms with Crippen LogP contribution in [0.1, 0.15) is 24.8 Å². The fourth-order valence-corrected chi connectivity index (χ4v) is 2.73. The van der Waals surface area contributed by atoms with E-state index < -0.39 is 0 Å². The van der Waals surface area contributed by atoms with Gasteiger partial charge in [-0.25, -0.2) is 0 Å². The molecular formula is C16H24N2O2. The maximum Gasteiger partial charge on any atom is 0.234 e. The van der Waals surface area contributed by atoms with Crippen LogP contribution in [0.5, 0.6) is 5.75 Å². The molecule has 1 fully saturated rings. The lowest BCUT2D eigenvalue weighted by Crippen LogP contribution is -2.47. The lowest BCUT2D eigenvalue weighted by Gasteiger charge is -2.42. The third-order valence-corrected chi connectivity index (χ3v) is 4.10. The van der Waals surface area contributed by atoms with Crippen LogP contribution in [0, 0.1) is 0 Å². The van der Waals surface area contributed by atoms with Gasteiger partial charge in [-0.3, -0.25) is 4.79 Å². The monoisotopic (exact) mass is 276 g/mol. The third-order valence-electron chi connectivity index (χ3n) is 4.10. The van der Waals surface area contributed by atoms with Crippen LogP contribution in [0.15, 0.2) is 24.3 Å². The molecule has 4 nitrogen and oxygen atoms in total. The summed E-state index contributed by atoms with van der Waals surface area (Å²) in [5.74, 6) is 0.967. The number of rotatable bonds is 6. The lowest BCUT2D eigenvalue weighted by molar-refractivity contribution is -0.122. The second kappa shape index (κ2) is 6.27. The normalized spacial score (nSPS) is 16.6. The number of carbonyl (C=O) groups is 1. The summed E-state index contributed by atoms with van der Waals surface area (Å²) in [5, 5.41) is 3.07. The molecule has 1 N–H and O–H groups in total. The summed E-state index contributed by atoms with van der Waals surface area (Å²) >= 11 is 0. The van der Waals surface area contributed by atoms with Crippen molar-refractivity contribution in [1.29, 1.82) is 0 Å². The number of likely N-dealkylation sites (N-methyl/N-ethyl adjacent to an activating group) is 1. The van der Waals surface area contributed by atoms with Gasteiger partial charge in [-0.15, -0.1) is 0 Å². The van der Waals surface area contributed by atoms with Crippen LogP contribution in [-0.2, 0) is 10.2 Å². The first kappa shape index (κ1) is 14.9. The van der Waals surface area contributed by atoms with E-state index in [4.69, 9.17) is 4.74 Å². The smallest absolute Gasteiger partial charge is 0.234 e. The number of amides is 1. The van der Waals surface area contributed by atoms with Crippen LogP contribution in [0.25, 0.3) is 0 Å². The Kier molecular flexibility index (Phi) is 4.65. The van der Waals surface area contributed by atoms with Gasteiger partial charge in [0.25, 0.3) is 0 Å². The van der Waals surface area contributed by atoms with Crippen LogP contribution in [0.4, 0.5) is 0 Å². The largest absolute Gasteiger partial charge is 0.497 e. The van der Waals surface area contributed by atoms with Crippen molar-refractivity contribution >= 4 is 5.91 Å². The van der Waals surface area contributed by atoms with Crippen molar-refractivity contribution in [1.82, 2.24) is 10.2 Å². The van der Waals surface area contributed by atoms with Gasteiger partial charge in [0.2, 0.25) is 5.91 Å². The predicted molar refractivity (Wildman–Crippen MR) is 80.1 cm³/mol. The van der Waals surface area contributed by atoms with Crippen molar-refractivity contribution in [2.45, 2.75) is 24.7 Å². The zero-order valence-electron chi connectivity index (χ0n) is 12.6. The number of hydrogen-bond donors (Lipinski definition) is 1. The zero-order valence-corrected chi connectivity index (χ0v) is 12.6. The number of benzene rings is 1. The fourth-order valence-electron chi connectivity index (χ4n) is 2.73. The van der Waals surface area contributed by atoms with Crippen molar-refractivity contribution in [3.05, 3.63) is 29.8 Å². The van der Waals surface area contributed by atoms with Gasteiger partial charge in [0, 0.05) is 12.0 Å². The molecule has 1 aliphatic carbocycles. The Morgan fingerprint density at radius 1 is 1.30 bits per heavy atom. The molecular weight excluding hydrogens is 252 g/mol. The van der Waals surface area contributed by atoms with Gasteiger partial charge in [-0.2, -0.15) is 0 Å². The van der Waals surface area contributed by atoms with Crippen molar-refractivity contribution < 1.29 is 9.53 Å². The third kappa shape index (κ3) is 3.31. The molecule has 0 aromatic heterocycles. The maximum absolute atomic E-state index is 11.8. The molecule has 110 valence electrons. The Morgan fingerprint density at radius 2 is 1.95 bits per heavy atom. The Bertz CT molecular complexity index is 450. The molecule has 1 amide bonds. The summed E-state index contributed by atoms with van der Waals surface area (Å²) < 4.78 is 5.20. The Balaban J connectivity index is 2.00. The number of ether oxygens (including phenoxy) is 1. The summed E-state index contributed by atoms with van der Waals surface area (Å²) in [6, 6.07) is 8.24. The average molecular weight is 276 g/mol. The molecule has 0 atom stereocenters. The SMILES string of the molecule is COc1ccc(C2(CNC(=O)CN(C)C)CCC2)cc1. The van der Waals surface area contributed by atoms with Crippen LogP contribution in [0.2, 0.25) is 0 Å². The zero-order chi connectivity index (χ0) is 14.6. The standard InChI is InChI=1S/C16H24N2O2/c1-18(2)11-15(19)17-12-16(9-4-10-16)13-5-7-14(20-3)8-6-13/h5-8H,4,9-12H2,1-3H3,(H,17,19). The van der Waals surface area contributed by atoms with Gasteiger partial charge in [0.1, 0.15) is 5.75 Å². The quantitative estimate of drug-likeness (QED) is 0.861. The minimum absolute atomic E-state index is 0.0924. The number of nitrogens with one attached hydrogen (secondary N) is 1. The molecule has 0 heterocycles. The molecule has 4 heteroatoms. The van der Waals surface area contributed by atoms with Crippen molar-refractivity contribution in [2.75, 3.05) is 34.3 Å². The number of carbonyl (C=O) groups excluding carboxylic acids is 1. The second-order valence-electron chi connectivity index (χ2n) is 5.88. The summed E-state index contributed by atoms with van der Waals surface area (Å²) in [6.45, 7) is 1.17. The molecule has 1 aromatic rings. The molecule has 1 aliphatic rings. The highest BCUT2D eigenvalue weighted by Crippen LogP contribution is 2.43. The highest BCUT2D eigenvalue weighted by Gasteiger charge is 2.38. The maximum atomic E-state index is 11.8. The second-order valence-corrected chi connectivity index (χ2v) is 5.88. The molecule has 1 aromatic carbocycles. The molecule has 0 radical (unpaired) electrons. The summed E-state index contributed by atoms with van der Waals surface area (Å²) in [7, 11) is 5.49. The van der Waals surface area contributed by atoms with Gasteiger partial charge in [-0.05, 0) is 44.6 Å². The number of hydrogen-bond acceptors (Lipinski definition) is 3.